The van der Waals surface area contributed by atoms with Gasteiger partial charge in [-0.2, -0.15) is 0 Å². The highest BCUT2D eigenvalue weighted by molar-refractivity contribution is 8.23. The second-order valence-electron chi connectivity index (χ2n) is 4.77. The molecule has 2 heterocycles. The third-order valence-electron chi connectivity index (χ3n) is 3.44. The molecule has 2 saturated heterocycles. The zero-order chi connectivity index (χ0) is 14.9. The first-order valence-electron chi connectivity index (χ1n) is 6.31. The number of carbonyl (C=O) groups is 2. The lowest BCUT2D eigenvalue weighted by Gasteiger charge is -2.28. The largest absolute Gasteiger partial charge is 0.337 e. The number of hydrogen-bond acceptors (Lipinski definition) is 6. The number of hydrogen-bond donors (Lipinski definition) is 0. The van der Waals surface area contributed by atoms with Gasteiger partial charge in [-0.1, -0.05) is 24.0 Å². The number of carbonyl (C=O) groups excluding carboxylic acids is 2. The number of thiocarbonyl (C=S) groups is 1. The van der Waals surface area contributed by atoms with Gasteiger partial charge in [-0.15, -0.1) is 0 Å². The first-order valence-corrected chi connectivity index (χ1v) is 9.52. The molecule has 2 fully saturated rings. The minimum Gasteiger partial charge on any atom is -0.337 e. The van der Waals surface area contributed by atoms with Crippen molar-refractivity contribution >= 4 is 50.0 Å². The fourth-order valence-corrected chi connectivity index (χ4v) is 5.22. The van der Waals surface area contributed by atoms with Gasteiger partial charge in [0.15, 0.2) is 9.84 Å². The minimum atomic E-state index is -3.04. The number of rotatable bonds is 4. The van der Waals surface area contributed by atoms with Crippen molar-refractivity contribution in [1.82, 2.24) is 9.80 Å². The average molecular weight is 336 g/mol. The third-order valence-corrected chi connectivity index (χ3v) is 6.63. The molecule has 0 N–H and O–H groups in total. The van der Waals surface area contributed by atoms with Gasteiger partial charge in [0, 0.05) is 12.6 Å². The van der Waals surface area contributed by atoms with Crippen LogP contribution in [0.4, 0.5) is 0 Å². The van der Waals surface area contributed by atoms with Crippen LogP contribution in [-0.4, -0.2) is 70.7 Å². The van der Waals surface area contributed by atoms with Crippen molar-refractivity contribution in [3.05, 3.63) is 0 Å². The molecule has 1 unspecified atom stereocenters. The summed E-state index contributed by atoms with van der Waals surface area (Å²) in [6.45, 7) is 2.15. The maximum atomic E-state index is 12.3. The number of nitrogens with zero attached hydrogens (tertiary/aromatic N) is 2. The minimum absolute atomic E-state index is 0.0136. The molecule has 2 amide bonds. The fourth-order valence-electron chi connectivity index (χ4n) is 2.42. The summed E-state index contributed by atoms with van der Waals surface area (Å²) in [6, 6.07) is -0.281. The van der Waals surface area contributed by atoms with Crippen LogP contribution in [0.1, 0.15) is 13.3 Å². The van der Waals surface area contributed by atoms with E-state index in [2.05, 4.69) is 0 Å². The van der Waals surface area contributed by atoms with Crippen LogP contribution >= 0.6 is 24.0 Å². The molecule has 112 valence electrons. The Morgan fingerprint density at radius 1 is 1.55 bits per heavy atom. The van der Waals surface area contributed by atoms with Crippen LogP contribution in [-0.2, 0) is 19.4 Å². The van der Waals surface area contributed by atoms with Gasteiger partial charge in [-0.25, -0.2) is 8.42 Å². The fraction of sp³-hybridized carbons (Fsp3) is 0.727. The van der Waals surface area contributed by atoms with E-state index in [9.17, 15) is 18.0 Å². The van der Waals surface area contributed by atoms with Gasteiger partial charge >= 0.3 is 0 Å². The van der Waals surface area contributed by atoms with E-state index in [0.29, 0.717) is 17.3 Å². The number of sulfone groups is 1. The standard InChI is InChI=1S/C11H16N2O4S3/c1-2-12(8-3-4-20(16,17)7-8)9(14)5-13-10(15)6-19-11(13)18/h8H,2-7H2,1H3. The summed E-state index contributed by atoms with van der Waals surface area (Å²) in [5, 5.41) is 0. The lowest BCUT2D eigenvalue weighted by molar-refractivity contribution is -0.137. The quantitative estimate of drug-likeness (QED) is 0.667. The summed E-state index contributed by atoms with van der Waals surface area (Å²) in [5.41, 5.74) is 0. The predicted octanol–water partition coefficient (Wildman–Crippen LogP) is -0.118. The molecule has 0 aliphatic carbocycles. The Balaban J connectivity index is 2.03. The van der Waals surface area contributed by atoms with Crippen molar-refractivity contribution in [2.75, 3.05) is 30.3 Å². The molecular formula is C11H16N2O4S3. The van der Waals surface area contributed by atoms with Gasteiger partial charge < -0.3 is 4.90 Å². The smallest absolute Gasteiger partial charge is 0.242 e. The Bertz CT molecular complexity index is 530. The van der Waals surface area contributed by atoms with Gasteiger partial charge in [0.2, 0.25) is 11.8 Å². The van der Waals surface area contributed by atoms with Crippen LogP contribution in [0.2, 0.25) is 0 Å². The van der Waals surface area contributed by atoms with Crippen LogP contribution in [0, 0.1) is 0 Å². The monoisotopic (exact) mass is 336 g/mol. The molecule has 6 nitrogen and oxygen atoms in total. The lowest BCUT2D eigenvalue weighted by Crippen LogP contribution is -2.47. The van der Waals surface area contributed by atoms with Crippen molar-refractivity contribution < 1.29 is 18.0 Å². The molecule has 0 saturated carbocycles. The highest BCUT2D eigenvalue weighted by Gasteiger charge is 2.36. The van der Waals surface area contributed by atoms with E-state index in [-0.39, 0.29) is 41.7 Å². The van der Waals surface area contributed by atoms with E-state index in [4.69, 9.17) is 12.2 Å². The molecule has 9 heteroatoms. The van der Waals surface area contributed by atoms with Crippen LogP contribution < -0.4 is 0 Å². The number of thioether (sulfide) groups is 1. The maximum absolute atomic E-state index is 12.3. The van der Waals surface area contributed by atoms with Crippen LogP contribution in [0.15, 0.2) is 0 Å². The Morgan fingerprint density at radius 3 is 2.70 bits per heavy atom. The van der Waals surface area contributed by atoms with Gasteiger partial charge in [-0.3, -0.25) is 14.5 Å². The zero-order valence-corrected chi connectivity index (χ0v) is 13.5. The molecular weight excluding hydrogens is 320 g/mol. The molecule has 2 aliphatic rings. The molecule has 0 spiro atoms. The lowest BCUT2D eigenvalue weighted by atomic mass is 10.2. The number of amides is 2. The van der Waals surface area contributed by atoms with E-state index >= 15 is 0 Å². The molecule has 0 aromatic carbocycles. The molecule has 0 bridgehead atoms. The Hall–Kier alpha value is -0.670. The van der Waals surface area contributed by atoms with E-state index in [1.54, 1.807) is 4.90 Å². The van der Waals surface area contributed by atoms with E-state index in [1.807, 2.05) is 6.92 Å². The van der Waals surface area contributed by atoms with Gasteiger partial charge in [0.05, 0.1) is 17.3 Å². The van der Waals surface area contributed by atoms with E-state index in [1.165, 1.54) is 16.7 Å². The van der Waals surface area contributed by atoms with Crippen molar-refractivity contribution in [3.8, 4) is 0 Å². The summed E-state index contributed by atoms with van der Waals surface area (Å²) in [7, 11) is -3.04. The second kappa shape index (κ2) is 5.98. The summed E-state index contributed by atoms with van der Waals surface area (Å²) < 4.78 is 23.4. The van der Waals surface area contributed by atoms with Crippen molar-refractivity contribution in [2.45, 2.75) is 19.4 Å². The summed E-state index contributed by atoms with van der Waals surface area (Å²) in [4.78, 5) is 26.7. The topological polar surface area (TPSA) is 74.8 Å². The van der Waals surface area contributed by atoms with E-state index < -0.39 is 9.84 Å². The SMILES string of the molecule is CCN(C(=O)CN1C(=O)CSC1=S)C1CCS(=O)(=O)C1. The Morgan fingerprint density at radius 2 is 2.25 bits per heavy atom. The molecule has 1 atom stereocenters. The van der Waals surface area contributed by atoms with Gasteiger partial charge in [0.25, 0.3) is 0 Å². The van der Waals surface area contributed by atoms with Crippen molar-refractivity contribution in [1.29, 1.82) is 0 Å². The molecule has 0 aromatic rings. The Labute approximate surface area is 127 Å². The van der Waals surface area contributed by atoms with Gasteiger partial charge in [-0.05, 0) is 13.3 Å². The Kier molecular flexibility index (Phi) is 4.70. The van der Waals surface area contributed by atoms with Crippen LogP contribution in [0.25, 0.3) is 0 Å². The van der Waals surface area contributed by atoms with Crippen molar-refractivity contribution in [2.24, 2.45) is 0 Å². The van der Waals surface area contributed by atoms with E-state index in [0.717, 1.165) is 0 Å². The summed E-state index contributed by atoms with van der Waals surface area (Å²) in [6.07, 6.45) is 0.467. The maximum Gasteiger partial charge on any atom is 0.242 e. The normalized spacial score (nSPS) is 25.2. The van der Waals surface area contributed by atoms with Gasteiger partial charge in [0.1, 0.15) is 10.9 Å². The highest BCUT2D eigenvalue weighted by atomic mass is 32.2. The summed E-state index contributed by atoms with van der Waals surface area (Å²) in [5.74, 6) is 0.00458. The zero-order valence-electron chi connectivity index (χ0n) is 11.1. The molecule has 2 aliphatic heterocycles. The average Bonchev–Trinajstić information content (AvgIpc) is 2.87. The first-order chi connectivity index (χ1) is 9.34. The van der Waals surface area contributed by atoms with Crippen LogP contribution in [0.3, 0.4) is 0 Å². The molecule has 20 heavy (non-hydrogen) atoms. The summed E-state index contributed by atoms with van der Waals surface area (Å²) >= 11 is 6.28. The van der Waals surface area contributed by atoms with Crippen molar-refractivity contribution in [3.63, 3.8) is 0 Å². The second-order valence-corrected chi connectivity index (χ2v) is 8.61. The predicted molar refractivity (Wildman–Crippen MR) is 81.2 cm³/mol. The highest BCUT2D eigenvalue weighted by Crippen LogP contribution is 2.21. The molecule has 0 radical (unpaired) electrons. The molecule has 0 aromatic heterocycles. The number of likely N-dealkylation sites (N-methyl/N-ethyl adjacent to an activating group) is 1. The molecule has 2 rings (SSSR count). The first kappa shape index (κ1) is 15.7. The van der Waals surface area contributed by atoms with Crippen LogP contribution in [0.5, 0.6) is 0 Å². The third kappa shape index (κ3) is 3.32.